The Hall–Kier alpha value is -1.13. The van der Waals surface area contributed by atoms with Gasteiger partial charge in [0.05, 0.1) is 21.8 Å². The number of nitrogens with zero attached hydrogens (tertiary/aromatic N) is 1. The Morgan fingerprint density at radius 2 is 2.00 bits per heavy atom. The molecule has 3 N–H and O–H groups in total. The molecule has 0 saturated heterocycles. The molecule has 0 radical (unpaired) electrons. The van der Waals surface area contributed by atoms with Gasteiger partial charge in [-0.05, 0) is 36.6 Å². The summed E-state index contributed by atoms with van der Waals surface area (Å²) in [6.07, 6.45) is 1.81. The molecule has 1 aromatic heterocycles. The Bertz CT molecular complexity index is 599. The molecule has 0 aliphatic carbocycles. The van der Waals surface area contributed by atoms with Crippen LogP contribution in [0.15, 0.2) is 30.5 Å². The predicted octanol–water partition coefficient (Wildman–Crippen LogP) is 3.56. The summed E-state index contributed by atoms with van der Waals surface area (Å²) < 4.78 is 0. The van der Waals surface area contributed by atoms with Gasteiger partial charge in [0.15, 0.2) is 0 Å². The van der Waals surface area contributed by atoms with Crippen LogP contribution in [0.4, 0.5) is 0 Å². The molecule has 100 valence electrons. The maximum atomic E-state index is 6.24. The lowest BCUT2D eigenvalue weighted by Crippen LogP contribution is -2.30. The molecule has 1 atom stereocenters. The highest BCUT2D eigenvalue weighted by molar-refractivity contribution is 6.42. The standard InChI is InChI=1S/C14H15Cl2N3/c1-8-6-9(2)13(18-7-8)14(19-17)10-4-3-5-11(15)12(10)16/h3-7,14,19H,17H2,1-2H3. The van der Waals surface area contributed by atoms with E-state index < -0.39 is 0 Å². The van der Waals surface area contributed by atoms with Crippen molar-refractivity contribution < 1.29 is 0 Å². The molecule has 1 unspecified atom stereocenters. The quantitative estimate of drug-likeness (QED) is 0.672. The first kappa shape index (κ1) is 14.3. The number of pyridine rings is 1. The van der Waals surface area contributed by atoms with E-state index in [1.54, 1.807) is 6.07 Å². The number of halogens is 2. The van der Waals surface area contributed by atoms with E-state index in [0.29, 0.717) is 10.0 Å². The zero-order chi connectivity index (χ0) is 14.0. The van der Waals surface area contributed by atoms with Crippen molar-refractivity contribution in [3.05, 3.63) is 62.9 Å². The fraction of sp³-hybridized carbons (Fsp3) is 0.214. The monoisotopic (exact) mass is 295 g/mol. The summed E-state index contributed by atoms with van der Waals surface area (Å²) >= 11 is 12.3. The molecule has 0 fully saturated rings. The third-order valence-electron chi connectivity index (χ3n) is 2.99. The predicted molar refractivity (Wildman–Crippen MR) is 79.3 cm³/mol. The molecule has 1 heterocycles. The smallest absolute Gasteiger partial charge is 0.0898 e. The first-order valence-electron chi connectivity index (χ1n) is 5.87. The average molecular weight is 296 g/mol. The van der Waals surface area contributed by atoms with E-state index in [1.807, 2.05) is 32.2 Å². The number of aryl methyl sites for hydroxylation is 2. The SMILES string of the molecule is Cc1cnc(C(NN)c2cccc(Cl)c2Cl)c(C)c1. The number of hydrogen-bond acceptors (Lipinski definition) is 3. The third kappa shape index (κ3) is 2.90. The van der Waals surface area contributed by atoms with Gasteiger partial charge in [0, 0.05) is 6.20 Å². The third-order valence-corrected chi connectivity index (χ3v) is 3.82. The maximum Gasteiger partial charge on any atom is 0.0898 e. The first-order chi connectivity index (χ1) is 9.04. The number of hydrogen-bond donors (Lipinski definition) is 2. The van der Waals surface area contributed by atoms with E-state index >= 15 is 0 Å². The van der Waals surface area contributed by atoms with E-state index in [9.17, 15) is 0 Å². The van der Waals surface area contributed by atoms with Crippen LogP contribution in [0, 0.1) is 13.8 Å². The topological polar surface area (TPSA) is 50.9 Å². The Morgan fingerprint density at radius 1 is 1.26 bits per heavy atom. The lowest BCUT2D eigenvalue weighted by atomic mass is 9.99. The van der Waals surface area contributed by atoms with E-state index in [0.717, 1.165) is 22.4 Å². The molecule has 0 spiro atoms. The Balaban J connectivity index is 2.53. The Kier molecular flexibility index (Phi) is 4.42. The molecule has 5 heteroatoms. The van der Waals surface area contributed by atoms with Crippen LogP contribution in [0.25, 0.3) is 0 Å². The molecule has 0 saturated carbocycles. The fourth-order valence-corrected chi connectivity index (χ4v) is 2.50. The van der Waals surface area contributed by atoms with Gasteiger partial charge in [0.1, 0.15) is 0 Å². The van der Waals surface area contributed by atoms with Gasteiger partial charge in [0.2, 0.25) is 0 Å². The second-order valence-electron chi connectivity index (χ2n) is 4.46. The van der Waals surface area contributed by atoms with Crippen LogP contribution < -0.4 is 11.3 Å². The molecule has 0 aliphatic heterocycles. The minimum atomic E-state index is -0.285. The van der Waals surface area contributed by atoms with Crippen LogP contribution in [-0.2, 0) is 0 Å². The molecule has 0 amide bonds. The molecular weight excluding hydrogens is 281 g/mol. The summed E-state index contributed by atoms with van der Waals surface area (Å²) in [6.45, 7) is 4.00. The van der Waals surface area contributed by atoms with E-state index in [4.69, 9.17) is 29.0 Å². The summed E-state index contributed by atoms with van der Waals surface area (Å²) in [7, 11) is 0. The van der Waals surface area contributed by atoms with Crippen molar-refractivity contribution >= 4 is 23.2 Å². The van der Waals surface area contributed by atoms with Gasteiger partial charge >= 0.3 is 0 Å². The molecule has 19 heavy (non-hydrogen) atoms. The summed E-state index contributed by atoms with van der Waals surface area (Å²) in [5.41, 5.74) is 6.58. The van der Waals surface area contributed by atoms with Gasteiger partial charge in [-0.3, -0.25) is 10.8 Å². The second kappa shape index (κ2) is 5.88. The normalized spacial score (nSPS) is 12.5. The molecule has 2 rings (SSSR count). The Morgan fingerprint density at radius 3 is 2.63 bits per heavy atom. The number of benzene rings is 1. The van der Waals surface area contributed by atoms with Gasteiger partial charge < -0.3 is 0 Å². The largest absolute Gasteiger partial charge is 0.271 e. The lowest BCUT2D eigenvalue weighted by Gasteiger charge is -2.19. The number of nitrogens with one attached hydrogen (secondary N) is 1. The highest BCUT2D eigenvalue weighted by Crippen LogP contribution is 2.33. The molecule has 0 bridgehead atoms. The summed E-state index contributed by atoms with van der Waals surface area (Å²) in [4.78, 5) is 4.45. The zero-order valence-corrected chi connectivity index (χ0v) is 12.3. The highest BCUT2D eigenvalue weighted by atomic mass is 35.5. The molecular formula is C14H15Cl2N3. The van der Waals surface area contributed by atoms with Crippen LogP contribution in [0.5, 0.6) is 0 Å². The van der Waals surface area contributed by atoms with Crippen molar-refractivity contribution in [2.45, 2.75) is 19.9 Å². The van der Waals surface area contributed by atoms with Crippen molar-refractivity contribution in [3.8, 4) is 0 Å². The number of hydrazine groups is 1. The molecule has 2 aromatic rings. The fourth-order valence-electron chi connectivity index (χ4n) is 2.09. The zero-order valence-electron chi connectivity index (χ0n) is 10.7. The highest BCUT2D eigenvalue weighted by Gasteiger charge is 2.20. The summed E-state index contributed by atoms with van der Waals surface area (Å²) in [5.74, 6) is 5.67. The summed E-state index contributed by atoms with van der Waals surface area (Å²) in [6, 6.07) is 7.25. The van der Waals surface area contributed by atoms with Crippen LogP contribution in [0.1, 0.15) is 28.4 Å². The van der Waals surface area contributed by atoms with Gasteiger partial charge in [-0.25, -0.2) is 5.43 Å². The van der Waals surface area contributed by atoms with Crippen LogP contribution >= 0.6 is 23.2 Å². The molecule has 1 aromatic carbocycles. The van der Waals surface area contributed by atoms with Crippen molar-refractivity contribution in [1.82, 2.24) is 10.4 Å². The van der Waals surface area contributed by atoms with E-state index in [-0.39, 0.29) is 6.04 Å². The molecule has 3 nitrogen and oxygen atoms in total. The first-order valence-corrected chi connectivity index (χ1v) is 6.63. The summed E-state index contributed by atoms with van der Waals surface area (Å²) in [5, 5.41) is 0.998. The van der Waals surface area contributed by atoms with Gasteiger partial charge in [-0.15, -0.1) is 0 Å². The number of nitrogens with two attached hydrogens (primary N) is 1. The lowest BCUT2D eigenvalue weighted by molar-refractivity contribution is 0.617. The van der Waals surface area contributed by atoms with Crippen molar-refractivity contribution in [3.63, 3.8) is 0 Å². The molecule has 0 aliphatic rings. The van der Waals surface area contributed by atoms with E-state index in [1.165, 1.54) is 0 Å². The van der Waals surface area contributed by atoms with E-state index in [2.05, 4.69) is 16.5 Å². The van der Waals surface area contributed by atoms with Crippen LogP contribution in [0.2, 0.25) is 10.0 Å². The van der Waals surface area contributed by atoms with Crippen molar-refractivity contribution in [2.75, 3.05) is 0 Å². The van der Waals surface area contributed by atoms with Crippen molar-refractivity contribution in [1.29, 1.82) is 0 Å². The number of aromatic nitrogens is 1. The van der Waals surface area contributed by atoms with Crippen LogP contribution in [0.3, 0.4) is 0 Å². The maximum absolute atomic E-state index is 6.24. The Labute approximate surface area is 122 Å². The minimum absolute atomic E-state index is 0.285. The second-order valence-corrected chi connectivity index (χ2v) is 5.24. The number of rotatable bonds is 3. The minimum Gasteiger partial charge on any atom is -0.271 e. The van der Waals surface area contributed by atoms with Gasteiger partial charge in [0.25, 0.3) is 0 Å². The van der Waals surface area contributed by atoms with Gasteiger partial charge in [-0.2, -0.15) is 0 Å². The average Bonchev–Trinajstić information content (AvgIpc) is 2.37. The van der Waals surface area contributed by atoms with Crippen molar-refractivity contribution in [2.24, 2.45) is 5.84 Å². The van der Waals surface area contributed by atoms with Gasteiger partial charge in [-0.1, -0.05) is 41.4 Å². The van der Waals surface area contributed by atoms with Crippen LogP contribution in [-0.4, -0.2) is 4.98 Å².